The number of para-hydroxylation sites is 1. The maximum Gasteiger partial charge on any atom is 0.270 e. The van der Waals surface area contributed by atoms with Crippen molar-refractivity contribution >= 4 is 5.91 Å². The van der Waals surface area contributed by atoms with Crippen LogP contribution in [0.3, 0.4) is 0 Å². The monoisotopic (exact) mass is 340 g/mol. The van der Waals surface area contributed by atoms with Gasteiger partial charge >= 0.3 is 0 Å². The number of pyridine rings is 1. The van der Waals surface area contributed by atoms with Crippen LogP contribution in [0.25, 0.3) is 0 Å². The second kappa shape index (κ2) is 6.75. The molecule has 0 saturated heterocycles. The molecular weight excluding hydrogens is 316 g/mol. The highest BCUT2D eigenvalue weighted by Gasteiger charge is 2.32. The maximum absolute atomic E-state index is 12.6. The Morgan fingerprint density at radius 1 is 1.28 bits per heavy atom. The molecular formula is C20H24N2O3. The highest BCUT2D eigenvalue weighted by atomic mass is 16.5. The number of carbonyl (C=O) groups excluding carboxylic acids is 1. The molecule has 132 valence electrons. The van der Waals surface area contributed by atoms with Crippen molar-refractivity contribution in [1.82, 2.24) is 4.57 Å². The molecule has 0 unspecified atom stereocenters. The predicted molar refractivity (Wildman–Crippen MR) is 96.1 cm³/mol. The van der Waals surface area contributed by atoms with Crippen LogP contribution in [-0.2, 0) is 6.42 Å². The quantitative estimate of drug-likeness (QED) is 0.859. The Morgan fingerprint density at radius 2 is 2.08 bits per heavy atom. The van der Waals surface area contributed by atoms with E-state index in [1.54, 1.807) is 6.20 Å². The number of hydrogen-bond donors (Lipinski definition) is 0. The third kappa shape index (κ3) is 3.92. The first-order valence-electron chi connectivity index (χ1n) is 8.54. The fourth-order valence-electron chi connectivity index (χ4n) is 2.92. The van der Waals surface area contributed by atoms with Crippen LogP contribution in [0.4, 0.5) is 0 Å². The average Bonchev–Trinajstić information content (AvgIpc) is 2.87. The van der Waals surface area contributed by atoms with Gasteiger partial charge in [0.25, 0.3) is 5.91 Å². The third-order valence-electron chi connectivity index (χ3n) is 3.90. The first-order valence-corrected chi connectivity index (χ1v) is 8.54. The van der Waals surface area contributed by atoms with E-state index in [0.717, 1.165) is 17.7 Å². The number of nitrogens with zero attached hydrogens (tertiary/aromatic N) is 2. The zero-order valence-corrected chi connectivity index (χ0v) is 15.2. The van der Waals surface area contributed by atoms with E-state index in [-0.39, 0.29) is 24.2 Å². The van der Waals surface area contributed by atoms with Crippen molar-refractivity contribution in [2.45, 2.75) is 45.8 Å². The molecule has 5 nitrogen and oxygen atoms in total. The lowest BCUT2D eigenvalue weighted by Crippen LogP contribution is -2.31. The van der Waals surface area contributed by atoms with Crippen LogP contribution in [0.2, 0.25) is 0 Å². The number of ether oxygens (including phenoxy) is 2. The summed E-state index contributed by atoms with van der Waals surface area (Å²) in [5.41, 5.74) is 1.49. The minimum absolute atomic E-state index is 0.0739. The van der Waals surface area contributed by atoms with E-state index < -0.39 is 0 Å². The number of aromatic nitrogens is 1. The van der Waals surface area contributed by atoms with Crippen LogP contribution in [0.15, 0.2) is 47.6 Å². The molecule has 2 heterocycles. The van der Waals surface area contributed by atoms with Crippen LogP contribution in [-0.4, -0.2) is 28.7 Å². The van der Waals surface area contributed by atoms with Gasteiger partial charge < -0.3 is 9.47 Å². The van der Waals surface area contributed by atoms with E-state index in [0.29, 0.717) is 11.2 Å². The highest BCUT2D eigenvalue weighted by molar-refractivity contribution is 5.80. The van der Waals surface area contributed by atoms with E-state index in [1.807, 2.05) is 64.1 Å². The Kier molecular flexibility index (Phi) is 4.66. The number of rotatable bonds is 4. The van der Waals surface area contributed by atoms with Gasteiger partial charge in [-0.2, -0.15) is 0 Å². The van der Waals surface area contributed by atoms with Crippen molar-refractivity contribution in [3.8, 4) is 11.5 Å². The zero-order valence-electron chi connectivity index (χ0n) is 15.2. The fourth-order valence-corrected chi connectivity index (χ4v) is 2.92. The lowest BCUT2D eigenvalue weighted by Gasteiger charge is -2.18. The number of hydrogen-bond acceptors (Lipinski definition) is 4. The van der Waals surface area contributed by atoms with Crippen molar-refractivity contribution < 1.29 is 14.3 Å². The van der Waals surface area contributed by atoms with Gasteiger partial charge in [0.15, 0.2) is 18.1 Å². The standard InChI is InChI=1S/C20H24N2O3/c1-14(2)21-17-10-5-6-11-22(17)18(23)13-24-16-9-7-8-15-12-20(3,4)25-19(15)16/h5-11,14H,12-13H2,1-4H3. The normalized spacial score (nSPS) is 15.8. The van der Waals surface area contributed by atoms with E-state index in [9.17, 15) is 4.79 Å². The first kappa shape index (κ1) is 17.3. The van der Waals surface area contributed by atoms with Crippen molar-refractivity contribution in [2.75, 3.05) is 6.61 Å². The van der Waals surface area contributed by atoms with Gasteiger partial charge in [0.2, 0.25) is 0 Å². The molecule has 1 aliphatic heterocycles. The smallest absolute Gasteiger partial charge is 0.270 e. The van der Waals surface area contributed by atoms with E-state index in [2.05, 4.69) is 4.99 Å². The molecule has 25 heavy (non-hydrogen) atoms. The molecule has 3 rings (SSSR count). The van der Waals surface area contributed by atoms with Crippen molar-refractivity contribution in [1.29, 1.82) is 0 Å². The maximum atomic E-state index is 12.6. The molecule has 0 spiro atoms. The van der Waals surface area contributed by atoms with Crippen LogP contribution in [0, 0.1) is 0 Å². The SMILES string of the molecule is CC(C)N=c1ccccn1C(=O)COc1cccc2c1OC(C)(C)C2. The summed E-state index contributed by atoms with van der Waals surface area (Å²) in [4.78, 5) is 17.1. The molecule has 1 aromatic heterocycles. The lowest BCUT2D eigenvalue weighted by molar-refractivity contribution is 0.0823. The fraction of sp³-hybridized carbons (Fsp3) is 0.400. The van der Waals surface area contributed by atoms with Crippen LogP contribution >= 0.6 is 0 Å². The molecule has 1 aliphatic rings. The van der Waals surface area contributed by atoms with E-state index in [4.69, 9.17) is 9.47 Å². The Hall–Kier alpha value is -2.56. The Bertz CT molecular complexity index is 850. The summed E-state index contributed by atoms with van der Waals surface area (Å²) < 4.78 is 13.3. The predicted octanol–water partition coefficient (Wildman–Crippen LogP) is 3.23. The molecule has 0 aliphatic carbocycles. The molecule has 2 aromatic rings. The molecule has 5 heteroatoms. The molecule has 0 bridgehead atoms. The lowest BCUT2D eigenvalue weighted by atomic mass is 10.0. The summed E-state index contributed by atoms with van der Waals surface area (Å²) >= 11 is 0. The second-order valence-electron chi connectivity index (χ2n) is 7.12. The van der Waals surface area contributed by atoms with Crippen molar-refractivity contribution in [3.63, 3.8) is 0 Å². The molecule has 0 amide bonds. The largest absolute Gasteiger partial charge is 0.483 e. The molecule has 0 fully saturated rings. The van der Waals surface area contributed by atoms with Crippen molar-refractivity contribution in [2.24, 2.45) is 4.99 Å². The summed E-state index contributed by atoms with van der Waals surface area (Å²) in [7, 11) is 0. The molecule has 0 radical (unpaired) electrons. The van der Waals surface area contributed by atoms with Gasteiger partial charge in [0.1, 0.15) is 11.1 Å². The van der Waals surface area contributed by atoms with E-state index in [1.165, 1.54) is 4.57 Å². The molecule has 0 saturated carbocycles. The van der Waals surface area contributed by atoms with Crippen molar-refractivity contribution in [3.05, 3.63) is 53.6 Å². The van der Waals surface area contributed by atoms with Gasteiger partial charge in [-0.05, 0) is 45.9 Å². The zero-order chi connectivity index (χ0) is 18.0. The third-order valence-corrected chi connectivity index (χ3v) is 3.90. The van der Waals surface area contributed by atoms with Gasteiger partial charge in [0, 0.05) is 24.2 Å². The Balaban J connectivity index is 1.79. The number of benzene rings is 1. The van der Waals surface area contributed by atoms with Gasteiger partial charge in [-0.15, -0.1) is 0 Å². The summed E-state index contributed by atoms with van der Waals surface area (Å²) in [5, 5.41) is 0. The minimum atomic E-state index is -0.247. The summed E-state index contributed by atoms with van der Waals surface area (Å²) in [6.07, 6.45) is 2.54. The first-order chi connectivity index (χ1) is 11.9. The minimum Gasteiger partial charge on any atom is -0.483 e. The van der Waals surface area contributed by atoms with Crippen LogP contribution in [0.5, 0.6) is 11.5 Å². The second-order valence-corrected chi connectivity index (χ2v) is 7.12. The Labute approximate surface area is 147 Å². The van der Waals surface area contributed by atoms with E-state index >= 15 is 0 Å². The van der Waals surface area contributed by atoms with Gasteiger partial charge in [-0.25, -0.2) is 0 Å². The number of fused-ring (bicyclic) bond motifs is 1. The van der Waals surface area contributed by atoms with Crippen LogP contribution < -0.4 is 15.0 Å². The van der Waals surface area contributed by atoms with Crippen LogP contribution in [0.1, 0.15) is 38.1 Å². The number of carbonyl (C=O) groups is 1. The van der Waals surface area contributed by atoms with Gasteiger partial charge in [0.05, 0.1) is 0 Å². The summed E-state index contributed by atoms with van der Waals surface area (Å²) in [5.74, 6) is 1.18. The van der Waals surface area contributed by atoms with Gasteiger partial charge in [-0.3, -0.25) is 14.4 Å². The summed E-state index contributed by atoms with van der Waals surface area (Å²) in [6.45, 7) is 7.97. The summed E-state index contributed by atoms with van der Waals surface area (Å²) in [6, 6.07) is 11.4. The highest BCUT2D eigenvalue weighted by Crippen LogP contribution is 2.41. The Morgan fingerprint density at radius 3 is 2.84 bits per heavy atom. The molecule has 0 atom stereocenters. The molecule has 1 aromatic carbocycles. The average molecular weight is 340 g/mol. The molecule has 0 N–H and O–H groups in total. The topological polar surface area (TPSA) is 52.8 Å². The van der Waals surface area contributed by atoms with Gasteiger partial charge in [-0.1, -0.05) is 18.2 Å².